The molecule has 0 saturated carbocycles. The highest BCUT2D eigenvalue weighted by Gasteiger charge is 2.22. The summed E-state index contributed by atoms with van der Waals surface area (Å²) in [7, 11) is 5.93. The van der Waals surface area contributed by atoms with E-state index in [4.69, 9.17) is 18.9 Å². The van der Waals surface area contributed by atoms with Gasteiger partial charge in [0.05, 0.1) is 40.3 Å². The zero-order chi connectivity index (χ0) is 47.0. The number of unbranched alkanes of at least 4 members (excludes halogenated alkanes) is 34. The van der Waals surface area contributed by atoms with Gasteiger partial charge in [-0.1, -0.05) is 225 Å². The first kappa shape index (κ1) is 62.0. The van der Waals surface area contributed by atoms with Crippen molar-refractivity contribution in [1.29, 1.82) is 0 Å². The molecular formula is C55H105NO8. The quantitative estimate of drug-likeness (QED) is 0.0195. The number of carbonyl (C=O) groups is 3. The first-order valence-electron chi connectivity index (χ1n) is 27.3. The van der Waals surface area contributed by atoms with Crippen LogP contribution >= 0.6 is 0 Å². The van der Waals surface area contributed by atoms with E-state index in [1.165, 1.54) is 199 Å². The third kappa shape index (κ3) is 48.0. The molecule has 378 valence electrons. The Bertz CT molecular complexity index is 1060. The van der Waals surface area contributed by atoms with Gasteiger partial charge in [-0.05, 0) is 38.5 Å². The molecule has 9 heteroatoms. The van der Waals surface area contributed by atoms with Crippen molar-refractivity contribution in [2.75, 3.05) is 47.5 Å². The van der Waals surface area contributed by atoms with Crippen molar-refractivity contribution in [3.05, 3.63) is 12.2 Å². The molecule has 0 aromatic heterocycles. The highest BCUT2D eigenvalue weighted by Crippen LogP contribution is 2.17. The number of likely N-dealkylation sites (N-methyl/N-ethyl adjacent to an activating group) is 1. The summed E-state index contributed by atoms with van der Waals surface area (Å²) in [5.41, 5.74) is 0. The van der Waals surface area contributed by atoms with Gasteiger partial charge < -0.3 is 33.3 Å². The molecule has 0 spiro atoms. The van der Waals surface area contributed by atoms with Gasteiger partial charge in [-0.2, -0.15) is 0 Å². The van der Waals surface area contributed by atoms with Crippen LogP contribution in [0, 0.1) is 0 Å². The van der Waals surface area contributed by atoms with Crippen LogP contribution in [0.15, 0.2) is 12.2 Å². The van der Waals surface area contributed by atoms with Crippen molar-refractivity contribution in [2.24, 2.45) is 0 Å². The lowest BCUT2D eigenvalue weighted by Gasteiger charge is -2.26. The maximum absolute atomic E-state index is 12.8. The van der Waals surface area contributed by atoms with E-state index in [0.717, 1.165) is 38.5 Å². The molecule has 0 aliphatic heterocycles. The molecule has 0 radical (unpaired) electrons. The van der Waals surface area contributed by atoms with Crippen LogP contribution in [0.4, 0.5) is 0 Å². The lowest BCUT2D eigenvalue weighted by atomic mass is 10.0. The lowest BCUT2D eigenvalue weighted by molar-refractivity contribution is -0.870. The number of carbonyl (C=O) groups excluding carboxylic acids is 3. The van der Waals surface area contributed by atoms with Crippen molar-refractivity contribution >= 4 is 17.9 Å². The molecule has 0 heterocycles. The number of carboxylic acid groups (broad SMARTS) is 1. The number of carboxylic acids is 1. The average molecular weight is 908 g/mol. The summed E-state index contributed by atoms with van der Waals surface area (Å²) in [6.45, 7) is 4.79. The molecule has 2 atom stereocenters. The number of nitrogens with zero attached hydrogens (tertiary/aromatic N) is 1. The molecule has 0 saturated heterocycles. The second-order valence-corrected chi connectivity index (χ2v) is 19.9. The fourth-order valence-corrected chi connectivity index (χ4v) is 8.00. The Hall–Kier alpha value is -1.97. The zero-order valence-electron chi connectivity index (χ0n) is 42.9. The molecule has 0 amide bonds. The van der Waals surface area contributed by atoms with Gasteiger partial charge in [0.25, 0.3) is 0 Å². The van der Waals surface area contributed by atoms with E-state index in [1.54, 1.807) is 0 Å². The molecule has 2 unspecified atom stereocenters. The van der Waals surface area contributed by atoms with E-state index < -0.39 is 24.3 Å². The minimum atomic E-state index is -1.62. The molecule has 0 N–H and O–H groups in total. The van der Waals surface area contributed by atoms with Crippen molar-refractivity contribution in [2.45, 2.75) is 277 Å². The lowest BCUT2D eigenvalue weighted by Crippen LogP contribution is -2.44. The van der Waals surface area contributed by atoms with Crippen molar-refractivity contribution < 1.29 is 42.9 Å². The monoisotopic (exact) mass is 908 g/mol. The van der Waals surface area contributed by atoms with Crippen LogP contribution in [-0.2, 0) is 33.3 Å². The maximum Gasteiger partial charge on any atom is 0.306 e. The number of rotatable bonds is 51. The van der Waals surface area contributed by atoms with E-state index in [1.807, 2.05) is 21.1 Å². The van der Waals surface area contributed by atoms with Gasteiger partial charge in [0.2, 0.25) is 0 Å². The van der Waals surface area contributed by atoms with Gasteiger partial charge in [-0.15, -0.1) is 0 Å². The van der Waals surface area contributed by atoms with Crippen LogP contribution in [0.25, 0.3) is 0 Å². The van der Waals surface area contributed by atoms with Crippen LogP contribution in [0.1, 0.15) is 264 Å². The predicted molar refractivity (Wildman–Crippen MR) is 265 cm³/mol. The van der Waals surface area contributed by atoms with Crippen molar-refractivity contribution in [1.82, 2.24) is 0 Å². The minimum Gasteiger partial charge on any atom is -0.545 e. The summed E-state index contributed by atoms with van der Waals surface area (Å²) in [6.07, 6.45) is 49.7. The molecule has 9 nitrogen and oxygen atoms in total. The van der Waals surface area contributed by atoms with E-state index in [9.17, 15) is 19.5 Å². The van der Waals surface area contributed by atoms with Gasteiger partial charge in [0, 0.05) is 12.8 Å². The molecule has 0 aromatic carbocycles. The van der Waals surface area contributed by atoms with Crippen molar-refractivity contribution in [3.63, 3.8) is 0 Å². The summed E-state index contributed by atoms with van der Waals surface area (Å²) >= 11 is 0. The van der Waals surface area contributed by atoms with Crippen LogP contribution in [0.3, 0.4) is 0 Å². The van der Waals surface area contributed by atoms with Gasteiger partial charge >= 0.3 is 11.9 Å². The van der Waals surface area contributed by atoms with Crippen LogP contribution < -0.4 is 5.11 Å². The number of esters is 2. The van der Waals surface area contributed by atoms with Gasteiger partial charge in [-0.25, -0.2) is 0 Å². The van der Waals surface area contributed by atoms with Gasteiger partial charge in [-0.3, -0.25) is 9.59 Å². The average Bonchev–Trinajstić information content (AvgIpc) is 3.26. The molecule has 0 rings (SSSR count). The van der Waals surface area contributed by atoms with E-state index >= 15 is 0 Å². The molecule has 0 aliphatic rings. The predicted octanol–water partition coefficient (Wildman–Crippen LogP) is 14.1. The van der Waals surface area contributed by atoms with E-state index in [0.29, 0.717) is 17.4 Å². The van der Waals surface area contributed by atoms with E-state index in [-0.39, 0.29) is 32.2 Å². The number of quaternary nitrogens is 1. The van der Waals surface area contributed by atoms with Gasteiger partial charge in [0.15, 0.2) is 12.4 Å². The first-order chi connectivity index (χ1) is 31.1. The number of hydrogen-bond donors (Lipinski definition) is 0. The van der Waals surface area contributed by atoms with Crippen LogP contribution in [0.2, 0.25) is 0 Å². The topological polar surface area (TPSA) is 111 Å². The third-order valence-corrected chi connectivity index (χ3v) is 12.3. The first-order valence-corrected chi connectivity index (χ1v) is 27.3. The second-order valence-electron chi connectivity index (χ2n) is 19.9. The standard InChI is InChI=1S/C55H105NO8/c1-6-8-10-12-14-16-18-20-22-23-24-25-26-27-28-29-30-31-32-34-36-38-40-42-44-46-53(58)64-51(50-63-55(54(59)60)61-48-47-56(3,4)5)49-62-52(57)45-43-41-39-37-35-33-21-19-17-15-13-11-9-7-2/h23-24,51,55H,6-22,25-50H2,1-5H3/b24-23-. The number of allylic oxidation sites excluding steroid dienone is 2. The highest BCUT2D eigenvalue weighted by molar-refractivity contribution is 5.70. The Morgan fingerprint density at radius 3 is 1.16 bits per heavy atom. The summed E-state index contributed by atoms with van der Waals surface area (Å²) in [5, 5.41) is 11.7. The second kappa shape index (κ2) is 47.5. The fourth-order valence-electron chi connectivity index (χ4n) is 8.00. The molecule has 0 bridgehead atoms. The SMILES string of the molecule is CCCCCCCCCC/C=C\CCCCCCCCCCCCCCCC(=O)OC(COC(=O)CCCCCCCCCCCCCCCC)COC(OCC[N+](C)(C)C)C(=O)[O-]. The third-order valence-electron chi connectivity index (χ3n) is 12.3. The summed E-state index contributed by atoms with van der Waals surface area (Å²) < 4.78 is 22.7. The van der Waals surface area contributed by atoms with Crippen LogP contribution in [0.5, 0.6) is 0 Å². The largest absolute Gasteiger partial charge is 0.545 e. The summed E-state index contributed by atoms with van der Waals surface area (Å²) in [5.74, 6) is -2.26. The maximum atomic E-state index is 12.8. The Kier molecular flexibility index (Phi) is 46.1. The number of ether oxygens (including phenoxy) is 4. The Balaban J connectivity index is 4.20. The summed E-state index contributed by atoms with van der Waals surface area (Å²) in [6, 6.07) is 0. The number of hydrogen-bond acceptors (Lipinski definition) is 8. The smallest absolute Gasteiger partial charge is 0.306 e. The van der Waals surface area contributed by atoms with Crippen molar-refractivity contribution in [3.8, 4) is 0 Å². The molecular weight excluding hydrogens is 803 g/mol. The minimum absolute atomic E-state index is 0.151. The molecule has 0 aromatic rings. The normalized spacial score (nSPS) is 12.8. The van der Waals surface area contributed by atoms with E-state index in [2.05, 4.69) is 26.0 Å². The summed E-state index contributed by atoms with van der Waals surface area (Å²) in [4.78, 5) is 37.2. The molecule has 0 aliphatic carbocycles. The van der Waals surface area contributed by atoms with Gasteiger partial charge in [0.1, 0.15) is 13.2 Å². The molecule has 64 heavy (non-hydrogen) atoms. The Morgan fingerprint density at radius 1 is 0.453 bits per heavy atom. The van der Waals surface area contributed by atoms with Crippen LogP contribution in [-0.4, -0.2) is 82.3 Å². The molecule has 0 fully saturated rings. The Morgan fingerprint density at radius 2 is 0.797 bits per heavy atom. The fraction of sp³-hybridized carbons (Fsp3) is 0.909. The number of aliphatic carboxylic acids is 1. The Labute approximate surface area is 395 Å². The highest BCUT2D eigenvalue weighted by atomic mass is 16.7. The zero-order valence-corrected chi connectivity index (χ0v) is 42.9.